The zero-order valence-corrected chi connectivity index (χ0v) is 21.3. The fourth-order valence-corrected chi connectivity index (χ4v) is 4.13. The fraction of sp³-hybridized carbons (Fsp3) is 0.333. The minimum atomic E-state index is -0.907. The van der Waals surface area contributed by atoms with Crippen molar-refractivity contribution in [1.29, 1.82) is 0 Å². The normalized spacial score (nSPS) is 12.6. The van der Waals surface area contributed by atoms with Crippen LogP contribution in [0.15, 0.2) is 30.3 Å². The third-order valence-electron chi connectivity index (χ3n) is 5.63. The highest BCUT2D eigenvalue weighted by Crippen LogP contribution is 2.49. The number of ether oxygens (including phenoxy) is 7. The van der Waals surface area contributed by atoms with Gasteiger partial charge >= 0.3 is 12.1 Å². The maximum atomic E-state index is 13.0. The summed E-state index contributed by atoms with van der Waals surface area (Å²) in [6, 6.07) is 8.72. The molecule has 0 radical (unpaired) electrons. The van der Waals surface area contributed by atoms with Crippen LogP contribution in [0.2, 0.25) is 0 Å². The lowest BCUT2D eigenvalue weighted by atomic mass is 9.89. The van der Waals surface area contributed by atoms with Crippen LogP contribution in [-0.4, -0.2) is 46.2 Å². The van der Waals surface area contributed by atoms with Crippen molar-refractivity contribution in [1.82, 2.24) is 0 Å². The van der Waals surface area contributed by atoms with Crippen molar-refractivity contribution in [3.63, 3.8) is 0 Å². The number of hydrogen-bond donors (Lipinski definition) is 0. The van der Waals surface area contributed by atoms with Crippen molar-refractivity contribution < 1.29 is 42.7 Å². The molecule has 3 aromatic carbocycles. The van der Waals surface area contributed by atoms with Crippen molar-refractivity contribution in [2.24, 2.45) is 0 Å². The Morgan fingerprint density at radius 1 is 0.806 bits per heavy atom. The van der Waals surface area contributed by atoms with E-state index in [-0.39, 0.29) is 17.9 Å². The van der Waals surface area contributed by atoms with E-state index in [0.717, 1.165) is 0 Å². The molecule has 0 atom stereocenters. The van der Waals surface area contributed by atoms with Gasteiger partial charge in [0.2, 0.25) is 0 Å². The molecule has 0 spiro atoms. The molecule has 0 amide bonds. The van der Waals surface area contributed by atoms with Crippen LogP contribution in [0.25, 0.3) is 21.9 Å². The number of esters is 1. The number of fused-ring (bicyclic) bond motifs is 2. The van der Waals surface area contributed by atoms with Gasteiger partial charge < -0.3 is 33.2 Å². The average molecular weight is 497 g/mol. The maximum absolute atomic E-state index is 13.0. The second-order valence-corrected chi connectivity index (χ2v) is 9.05. The predicted molar refractivity (Wildman–Crippen MR) is 132 cm³/mol. The number of benzene rings is 3. The first-order valence-corrected chi connectivity index (χ1v) is 11.2. The lowest BCUT2D eigenvalue weighted by Crippen LogP contribution is -2.26. The Balaban J connectivity index is 2.10. The zero-order valence-electron chi connectivity index (χ0n) is 21.3. The lowest BCUT2D eigenvalue weighted by Gasteiger charge is -2.21. The Hall–Kier alpha value is -4.14. The number of carbonyl (C=O) groups excluding carboxylic acids is 2. The smallest absolute Gasteiger partial charge is 0.497 e. The summed E-state index contributed by atoms with van der Waals surface area (Å²) < 4.78 is 38.5. The summed E-state index contributed by atoms with van der Waals surface area (Å²) in [6.45, 7) is 5.12. The van der Waals surface area contributed by atoms with Gasteiger partial charge in [-0.15, -0.1) is 0 Å². The zero-order chi connectivity index (χ0) is 26.2. The van der Waals surface area contributed by atoms with Crippen molar-refractivity contribution in [2.45, 2.75) is 33.0 Å². The predicted octanol–water partition coefficient (Wildman–Crippen LogP) is 5.53. The molecule has 9 heteroatoms. The maximum Gasteiger partial charge on any atom is 0.514 e. The van der Waals surface area contributed by atoms with Crippen LogP contribution < -0.4 is 23.7 Å². The van der Waals surface area contributed by atoms with Gasteiger partial charge in [0.15, 0.2) is 11.5 Å². The first-order valence-electron chi connectivity index (χ1n) is 11.2. The first kappa shape index (κ1) is 25.0. The van der Waals surface area contributed by atoms with Gasteiger partial charge in [-0.05, 0) is 56.0 Å². The Kier molecular flexibility index (Phi) is 6.58. The molecule has 0 bridgehead atoms. The quantitative estimate of drug-likeness (QED) is 0.322. The van der Waals surface area contributed by atoms with Crippen molar-refractivity contribution in [3.05, 3.63) is 41.5 Å². The first-order chi connectivity index (χ1) is 17.1. The number of methoxy groups -OCH3 is 4. The summed E-state index contributed by atoms with van der Waals surface area (Å²) in [4.78, 5) is 25.7. The standard InChI is InChI=1S/C27H28O9/c1-27(2,3)36-26(29)35-24-18-12-21(33-7)20(32-6)11-17(18)22(23-19(24)13-34-25(23)28)14-8-15(30-4)10-16(9-14)31-5/h8-12H,13H2,1-7H3. The molecule has 1 aliphatic heterocycles. The second kappa shape index (κ2) is 9.49. The van der Waals surface area contributed by atoms with Crippen LogP contribution in [0.3, 0.4) is 0 Å². The van der Waals surface area contributed by atoms with Crippen molar-refractivity contribution in [3.8, 4) is 39.9 Å². The summed E-state index contributed by atoms with van der Waals surface area (Å²) in [7, 11) is 6.10. The van der Waals surface area contributed by atoms with Crippen LogP contribution >= 0.6 is 0 Å². The molecule has 0 aromatic heterocycles. The molecule has 1 aliphatic rings. The Morgan fingerprint density at radius 3 is 1.92 bits per heavy atom. The largest absolute Gasteiger partial charge is 0.514 e. The van der Waals surface area contributed by atoms with Gasteiger partial charge in [-0.1, -0.05) is 0 Å². The van der Waals surface area contributed by atoms with E-state index >= 15 is 0 Å². The minimum Gasteiger partial charge on any atom is -0.497 e. The number of cyclic esters (lactones) is 1. The Bertz CT molecular complexity index is 1330. The van der Waals surface area contributed by atoms with E-state index in [2.05, 4.69) is 0 Å². The van der Waals surface area contributed by atoms with Crippen molar-refractivity contribution in [2.75, 3.05) is 28.4 Å². The number of hydrogen-bond acceptors (Lipinski definition) is 9. The molecule has 0 aliphatic carbocycles. The summed E-state index contributed by atoms with van der Waals surface area (Å²) in [5.41, 5.74) is 1.10. The average Bonchev–Trinajstić information content (AvgIpc) is 3.22. The van der Waals surface area contributed by atoms with Gasteiger partial charge in [-0.25, -0.2) is 9.59 Å². The van der Waals surface area contributed by atoms with Crippen LogP contribution in [0.1, 0.15) is 36.7 Å². The second-order valence-electron chi connectivity index (χ2n) is 9.05. The van der Waals surface area contributed by atoms with Gasteiger partial charge in [-0.2, -0.15) is 0 Å². The van der Waals surface area contributed by atoms with Crippen molar-refractivity contribution >= 4 is 22.9 Å². The Labute approximate surface area is 208 Å². The Morgan fingerprint density at radius 2 is 1.39 bits per heavy atom. The summed E-state index contributed by atoms with van der Waals surface area (Å²) in [6.07, 6.45) is -0.907. The highest BCUT2D eigenvalue weighted by Gasteiger charge is 2.34. The third kappa shape index (κ3) is 4.56. The highest BCUT2D eigenvalue weighted by atomic mass is 16.7. The van der Waals surface area contributed by atoms with E-state index in [9.17, 15) is 9.59 Å². The van der Waals surface area contributed by atoms with E-state index in [1.54, 1.807) is 65.3 Å². The summed E-state index contributed by atoms with van der Waals surface area (Å²) >= 11 is 0. The lowest BCUT2D eigenvalue weighted by molar-refractivity contribution is 0.0206. The van der Waals surface area contributed by atoms with Gasteiger partial charge in [0.1, 0.15) is 29.5 Å². The molecule has 1 heterocycles. The molecule has 0 saturated carbocycles. The molecular formula is C27H28O9. The molecule has 0 unspecified atom stereocenters. The topological polar surface area (TPSA) is 98.8 Å². The highest BCUT2D eigenvalue weighted by molar-refractivity contribution is 6.14. The van der Waals surface area contributed by atoms with Gasteiger partial charge in [0.25, 0.3) is 0 Å². The molecular weight excluding hydrogens is 468 g/mol. The van der Waals surface area contributed by atoms with Gasteiger partial charge in [0.05, 0.1) is 34.0 Å². The van der Waals surface area contributed by atoms with E-state index in [4.69, 9.17) is 33.2 Å². The van der Waals surface area contributed by atoms with E-state index < -0.39 is 17.7 Å². The molecule has 3 aromatic rings. The van der Waals surface area contributed by atoms with Gasteiger partial charge in [0, 0.05) is 22.6 Å². The number of carbonyl (C=O) groups is 2. The molecule has 0 saturated heterocycles. The number of rotatable bonds is 6. The van der Waals surface area contributed by atoms with E-state index in [1.807, 2.05) is 0 Å². The monoisotopic (exact) mass is 496 g/mol. The molecule has 0 fully saturated rings. The van der Waals surface area contributed by atoms with Gasteiger partial charge in [-0.3, -0.25) is 0 Å². The third-order valence-corrected chi connectivity index (χ3v) is 5.63. The molecule has 9 nitrogen and oxygen atoms in total. The van der Waals surface area contributed by atoms with Crippen LogP contribution in [0, 0.1) is 0 Å². The molecule has 4 rings (SSSR count). The molecule has 190 valence electrons. The van der Waals surface area contributed by atoms with Crippen LogP contribution in [0.5, 0.6) is 28.7 Å². The SMILES string of the molecule is COc1cc(OC)cc(-c2c3c(c(OC(=O)OC(C)(C)C)c4cc(OC)c(OC)cc24)COC3=O)c1. The van der Waals surface area contributed by atoms with E-state index in [1.165, 1.54) is 14.2 Å². The molecule has 36 heavy (non-hydrogen) atoms. The summed E-state index contributed by atoms with van der Waals surface area (Å²) in [5.74, 6) is 1.51. The molecule has 0 N–H and O–H groups in total. The van der Waals surface area contributed by atoms with Crippen LogP contribution in [0.4, 0.5) is 4.79 Å². The summed E-state index contributed by atoms with van der Waals surface area (Å²) in [5, 5.41) is 1.08. The van der Waals surface area contributed by atoms with Crippen LogP contribution in [-0.2, 0) is 16.1 Å². The van der Waals surface area contributed by atoms with E-state index in [0.29, 0.717) is 50.5 Å². The fourth-order valence-electron chi connectivity index (χ4n) is 4.13. The minimum absolute atomic E-state index is 0.0787.